The number of carbonyl (C=O) groups excluding carboxylic acids is 1. The molecule has 1 amide bonds. The van der Waals surface area contributed by atoms with Gasteiger partial charge in [0.1, 0.15) is 0 Å². The average Bonchev–Trinajstić information content (AvgIpc) is 2.42. The van der Waals surface area contributed by atoms with Crippen LogP contribution in [0.3, 0.4) is 0 Å². The molecule has 1 aromatic carbocycles. The number of nitrogens with zero attached hydrogens (tertiary/aromatic N) is 2. The zero-order valence-electron chi connectivity index (χ0n) is 13.3. The summed E-state index contributed by atoms with van der Waals surface area (Å²) in [5.41, 5.74) is 1.87. The Morgan fingerprint density at radius 1 is 1.23 bits per heavy atom. The van der Waals surface area contributed by atoms with E-state index in [1.54, 1.807) is 0 Å². The molecule has 1 N–H and O–H groups in total. The van der Waals surface area contributed by atoms with Gasteiger partial charge >= 0.3 is 0 Å². The summed E-state index contributed by atoms with van der Waals surface area (Å²) >= 11 is 0. The molecule has 0 aliphatic heterocycles. The topological polar surface area (TPSA) is 69.7 Å². The van der Waals surface area contributed by atoms with Gasteiger partial charge in [0.15, 0.2) is 0 Å². The van der Waals surface area contributed by atoms with Crippen molar-refractivity contribution in [1.82, 2.24) is 9.62 Å². The van der Waals surface area contributed by atoms with Gasteiger partial charge in [0.2, 0.25) is 15.9 Å². The zero-order chi connectivity index (χ0) is 16.8. The number of sulfonamides is 1. The van der Waals surface area contributed by atoms with Gasteiger partial charge in [0.05, 0.1) is 25.0 Å². The van der Waals surface area contributed by atoms with Crippen molar-refractivity contribution in [3.8, 4) is 11.8 Å². The minimum absolute atomic E-state index is 0.165. The normalized spacial score (nSPS) is 10.8. The number of hydrogen-bond acceptors (Lipinski definition) is 4. The number of amides is 1. The third-order valence-corrected chi connectivity index (χ3v) is 4.18. The minimum atomic E-state index is -3.36. The highest BCUT2D eigenvalue weighted by Crippen LogP contribution is 2.16. The van der Waals surface area contributed by atoms with Gasteiger partial charge in [-0.25, -0.2) is 8.42 Å². The number of anilines is 1. The van der Waals surface area contributed by atoms with Crippen molar-refractivity contribution in [1.29, 1.82) is 0 Å². The number of rotatable bonds is 5. The third kappa shape index (κ3) is 5.76. The number of nitrogens with one attached hydrogen (secondary N) is 1. The van der Waals surface area contributed by atoms with E-state index in [9.17, 15) is 13.2 Å². The van der Waals surface area contributed by atoms with E-state index in [0.29, 0.717) is 0 Å². The van der Waals surface area contributed by atoms with Gasteiger partial charge in [-0.1, -0.05) is 24.0 Å². The molecule has 0 fully saturated rings. The number of likely N-dealkylation sites (N-methyl/N-ethyl adjacent to an activating group) is 1. The second-order valence-electron chi connectivity index (χ2n) is 5.01. The molecular formula is C15H21N3O3S. The summed E-state index contributed by atoms with van der Waals surface area (Å²) in [6, 6.07) is 7.70. The van der Waals surface area contributed by atoms with Gasteiger partial charge in [-0.05, 0) is 12.1 Å². The van der Waals surface area contributed by atoms with Crippen LogP contribution in [0.4, 0.5) is 5.69 Å². The maximum atomic E-state index is 11.6. The molecule has 120 valence electrons. The smallest absolute Gasteiger partial charge is 0.236 e. The van der Waals surface area contributed by atoms with Crippen molar-refractivity contribution >= 4 is 21.6 Å². The zero-order valence-corrected chi connectivity index (χ0v) is 14.1. The molecule has 0 saturated heterocycles. The molecule has 0 atom stereocenters. The largest absolute Gasteiger partial charge is 0.377 e. The van der Waals surface area contributed by atoms with Crippen molar-refractivity contribution < 1.29 is 13.2 Å². The molecule has 0 aliphatic carbocycles. The predicted octanol–water partition coefficient (Wildman–Crippen LogP) is 0.112. The quantitative estimate of drug-likeness (QED) is 0.781. The summed E-state index contributed by atoms with van der Waals surface area (Å²) in [5.74, 6) is 5.47. The fourth-order valence-electron chi connectivity index (χ4n) is 1.63. The van der Waals surface area contributed by atoms with E-state index < -0.39 is 10.0 Å². The molecule has 0 aromatic heterocycles. The van der Waals surface area contributed by atoms with Crippen molar-refractivity contribution in [3.05, 3.63) is 29.8 Å². The Balaban J connectivity index is 2.58. The van der Waals surface area contributed by atoms with E-state index in [2.05, 4.69) is 17.2 Å². The average molecular weight is 323 g/mol. The third-order valence-electron chi connectivity index (χ3n) is 2.92. The molecule has 6 nitrogen and oxygen atoms in total. The van der Waals surface area contributed by atoms with Gasteiger partial charge in [-0.3, -0.25) is 4.79 Å². The lowest BCUT2D eigenvalue weighted by Crippen LogP contribution is -2.37. The van der Waals surface area contributed by atoms with Crippen molar-refractivity contribution in [3.63, 3.8) is 0 Å². The Bertz CT molecular complexity index is 687. The highest BCUT2D eigenvalue weighted by atomic mass is 32.2. The maximum absolute atomic E-state index is 11.6. The van der Waals surface area contributed by atoms with Gasteiger partial charge in [-0.2, -0.15) is 4.31 Å². The van der Waals surface area contributed by atoms with Crippen LogP contribution in [-0.4, -0.2) is 59.1 Å². The molecular weight excluding hydrogens is 302 g/mol. The first-order valence-corrected chi connectivity index (χ1v) is 8.50. The minimum Gasteiger partial charge on any atom is -0.377 e. The summed E-state index contributed by atoms with van der Waals surface area (Å²) in [7, 11) is 1.87. The second kappa shape index (κ2) is 7.82. The molecule has 22 heavy (non-hydrogen) atoms. The Labute approximate surface area is 132 Å². The molecule has 0 heterocycles. The van der Waals surface area contributed by atoms with Crippen LogP contribution in [0.1, 0.15) is 5.56 Å². The van der Waals surface area contributed by atoms with Gasteiger partial charge in [-0.15, -0.1) is 0 Å². The first kappa shape index (κ1) is 18.0. The first-order valence-electron chi connectivity index (χ1n) is 6.65. The van der Waals surface area contributed by atoms with Gasteiger partial charge < -0.3 is 10.2 Å². The van der Waals surface area contributed by atoms with E-state index in [4.69, 9.17) is 0 Å². The van der Waals surface area contributed by atoms with Crippen LogP contribution in [0.5, 0.6) is 0 Å². The summed E-state index contributed by atoms with van der Waals surface area (Å²) in [5, 5.41) is 2.57. The highest BCUT2D eigenvalue weighted by molar-refractivity contribution is 7.88. The Hall–Kier alpha value is -2.04. The van der Waals surface area contributed by atoms with Crippen LogP contribution in [-0.2, 0) is 14.8 Å². The van der Waals surface area contributed by atoms with Crippen molar-refractivity contribution in [2.24, 2.45) is 0 Å². The van der Waals surface area contributed by atoms with Crippen LogP contribution < -0.4 is 10.2 Å². The van der Waals surface area contributed by atoms with E-state index in [1.165, 1.54) is 7.05 Å². The Kier molecular flexibility index (Phi) is 6.40. The lowest BCUT2D eigenvalue weighted by molar-refractivity contribution is -0.120. The maximum Gasteiger partial charge on any atom is 0.236 e. The molecule has 0 bridgehead atoms. The summed E-state index contributed by atoms with van der Waals surface area (Å²) in [6.07, 6.45) is 1.05. The SMILES string of the molecule is CN(C)c1ccccc1C#CCNC(=O)CN(C)S(C)(=O)=O. The van der Waals surface area contributed by atoms with Crippen molar-refractivity contribution in [2.45, 2.75) is 0 Å². The molecule has 1 aromatic rings. The monoisotopic (exact) mass is 323 g/mol. The van der Waals surface area contributed by atoms with Gasteiger partial charge in [0, 0.05) is 26.7 Å². The fraction of sp³-hybridized carbons (Fsp3) is 0.400. The summed E-state index contributed by atoms with van der Waals surface area (Å²) in [4.78, 5) is 13.6. The fourth-order valence-corrected chi connectivity index (χ4v) is 1.98. The number of para-hydroxylation sites is 1. The van der Waals surface area contributed by atoms with Crippen molar-refractivity contribution in [2.75, 3.05) is 45.4 Å². The molecule has 0 spiro atoms. The highest BCUT2D eigenvalue weighted by Gasteiger charge is 2.14. The first-order chi connectivity index (χ1) is 10.2. The number of benzene rings is 1. The van der Waals surface area contributed by atoms with Gasteiger partial charge in [0.25, 0.3) is 0 Å². The van der Waals surface area contributed by atoms with Crippen LogP contribution in [0.15, 0.2) is 24.3 Å². The van der Waals surface area contributed by atoms with E-state index in [0.717, 1.165) is 21.8 Å². The van der Waals surface area contributed by atoms with E-state index >= 15 is 0 Å². The molecule has 7 heteroatoms. The number of carbonyl (C=O) groups is 1. The molecule has 0 unspecified atom stereocenters. The van der Waals surface area contributed by atoms with E-state index in [1.807, 2.05) is 43.3 Å². The standard InChI is InChI=1S/C15H21N3O3S/c1-17(2)14-10-6-5-8-13(14)9-7-11-16-15(19)12-18(3)22(4,20)21/h5-6,8,10H,11-12H2,1-4H3,(H,16,19). The lowest BCUT2D eigenvalue weighted by Gasteiger charge is -2.14. The molecule has 0 radical (unpaired) electrons. The lowest BCUT2D eigenvalue weighted by atomic mass is 10.1. The predicted molar refractivity (Wildman–Crippen MR) is 88.1 cm³/mol. The Morgan fingerprint density at radius 3 is 2.45 bits per heavy atom. The van der Waals surface area contributed by atoms with Crippen LogP contribution in [0, 0.1) is 11.8 Å². The molecule has 0 aliphatic rings. The van der Waals surface area contributed by atoms with E-state index in [-0.39, 0.29) is 19.0 Å². The Morgan fingerprint density at radius 2 is 1.86 bits per heavy atom. The van der Waals surface area contributed by atoms with Crippen LogP contribution >= 0.6 is 0 Å². The second-order valence-corrected chi connectivity index (χ2v) is 7.10. The summed E-state index contributed by atoms with van der Waals surface area (Å²) < 4.78 is 23.4. The number of hydrogen-bond donors (Lipinski definition) is 1. The summed E-state index contributed by atoms with van der Waals surface area (Å²) in [6.45, 7) is -0.0486. The molecule has 1 rings (SSSR count). The van der Waals surface area contributed by atoms with Crippen LogP contribution in [0.25, 0.3) is 0 Å². The molecule has 0 saturated carbocycles. The van der Waals surface area contributed by atoms with Crippen LogP contribution in [0.2, 0.25) is 0 Å².